The Kier molecular flexibility index (Phi) is 3.63. The number of ether oxygens (including phenoxy) is 1. The fourth-order valence-electron chi connectivity index (χ4n) is 0.435. The standard InChI is InChI=1S/C8H12O3/c1-4-8(2,3)11-6-5-7(9)10/h1H,5-6H2,2-3H3,(H,9,10). The first-order chi connectivity index (χ1) is 4.98. The number of carboxylic acids is 1. The van der Waals surface area contributed by atoms with E-state index >= 15 is 0 Å². The molecule has 0 aromatic rings. The molecule has 0 aliphatic carbocycles. The van der Waals surface area contributed by atoms with Gasteiger partial charge in [-0.1, -0.05) is 5.92 Å². The van der Waals surface area contributed by atoms with E-state index < -0.39 is 11.6 Å². The summed E-state index contributed by atoms with van der Waals surface area (Å²) < 4.78 is 5.07. The fraction of sp³-hybridized carbons (Fsp3) is 0.625. The van der Waals surface area contributed by atoms with Crippen LogP contribution in [0.1, 0.15) is 20.3 Å². The summed E-state index contributed by atoms with van der Waals surface area (Å²) >= 11 is 0. The van der Waals surface area contributed by atoms with E-state index in [1.807, 2.05) is 0 Å². The third kappa shape index (κ3) is 5.43. The summed E-state index contributed by atoms with van der Waals surface area (Å²) in [6.07, 6.45) is 5.09. The van der Waals surface area contributed by atoms with Crippen molar-refractivity contribution >= 4 is 5.97 Å². The normalized spacial score (nSPS) is 10.6. The molecule has 0 fully saturated rings. The van der Waals surface area contributed by atoms with Crippen LogP contribution in [0.25, 0.3) is 0 Å². The molecule has 0 radical (unpaired) electrons. The van der Waals surface area contributed by atoms with Crippen molar-refractivity contribution in [2.45, 2.75) is 25.9 Å². The zero-order valence-electron chi connectivity index (χ0n) is 6.76. The van der Waals surface area contributed by atoms with Crippen molar-refractivity contribution in [2.24, 2.45) is 0 Å². The lowest BCUT2D eigenvalue weighted by Gasteiger charge is -2.17. The third-order valence-electron chi connectivity index (χ3n) is 1.13. The van der Waals surface area contributed by atoms with Gasteiger partial charge in [0.15, 0.2) is 0 Å². The number of aliphatic carboxylic acids is 1. The van der Waals surface area contributed by atoms with Gasteiger partial charge in [-0.3, -0.25) is 4.79 Å². The SMILES string of the molecule is C#CC(C)(C)OCCC(=O)O. The number of hydrogen-bond acceptors (Lipinski definition) is 2. The van der Waals surface area contributed by atoms with Crippen LogP contribution in [0, 0.1) is 12.3 Å². The predicted octanol–water partition coefficient (Wildman–Crippen LogP) is 0.889. The van der Waals surface area contributed by atoms with E-state index in [-0.39, 0.29) is 13.0 Å². The minimum absolute atomic E-state index is 0.00882. The maximum atomic E-state index is 10.0. The monoisotopic (exact) mass is 156 g/mol. The molecule has 0 spiro atoms. The maximum Gasteiger partial charge on any atom is 0.305 e. The second kappa shape index (κ2) is 3.99. The van der Waals surface area contributed by atoms with Crippen molar-refractivity contribution in [3.8, 4) is 12.3 Å². The molecule has 62 valence electrons. The Morgan fingerprint density at radius 3 is 2.64 bits per heavy atom. The average Bonchev–Trinajstić information content (AvgIpc) is 1.87. The van der Waals surface area contributed by atoms with Crippen LogP contribution in [0.2, 0.25) is 0 Å². The van der Waals surface area contributed by atoms with Gasteiger partial charge in [-0.2, -0.15) is 0 Å². The molecule has 0 saturated carbocycles. The third-order valence-corrected chi connectivity index (χ3v) is 1.13. The van der Waals surface area contributed by atoms with Crippen molar-refractivity contribution in [1.82, 2.24) is 0 Å². The van der Waals surface area contributed by atoms with E-state index in [0.717, 1.165) is 0 Å². The minimum atomic E-state index is -0.877. The molecular weight excluding hydrogens is 144 g/mol. The van der Waals surface area contributed by atoms with Crippen molar-refractivity contribution in [1.29, 1.82) is 0 Å². The van der Waals surface area contributed by atoms with Crippen LogP contribution in [0.4, 0.5) is 0 Å². The highest BCUT2D eigenvalue weighted by Crippen LogP contribution is 2.06. The molecule has 3 nitrogen and oxygen atoms in total. The van der Waals surface area contributed by atoms with E-state index in [4.69, 9.17) is 16.3 Å². The first-order valence-electron chi connectivity index (χ1n) is 3.31. The highest BCUT2D eigenvalue weighted by Gasteiger charge is 2.13. The number of carbonyl (C=O) groups is 1. The molecule has 0 aromatic heterocycles. The molecule has 11 heavy (non-hydrogen) atoms. The summed E-state index contributed by atoms with van der Waals surface area (Å²) in [5.41, 5.74) is -0.657. The lowest BCUT2D eigenvalue weighted by molar-refractivity contribution is -0.138. The first-order valence-corrected chi connectivity index (χ1v) is 3.31. The van der Waals surface area contributed by atoms with Crippen LogP contribution in [-0.2, 0) is 9.53 Å². The highest BCUT2D eigenvalue weighted by molar-refractivity contribution is 5.66. The van der Waals surface area contributed by atoms with Crippen LogP contribution in [0.15, 0.2) is 0 Å². The first kappa shape index (κ1) is 9.99. The van der Waals surface area contributed by atoms with Gasteiger partial charge in [-0.05, 0) is 13.8 Å². The van der Waals surface area contributed by atoms with E-state index in [1.165, 1.54) is 0 Å². The summed E-state index contributed by atoms with van der Waals surface area (Å²) in [4.78, 5) is 10.0. The molecule has 3 heteroatoms. The molecule has 0 aromatic carbocycles. The van der Waals surface area contributed by atoms with Crippen LogP contribution in [-0.4, -0.2) is 23.3 Å². The van der Waals surface area contributed by atoms with E-state index in [0.29, 0.717) is 0 Å². The van der Waals surface area contributed by atoms with Crippen molar-refractivity contribution in [3.05, 3.63) is 0 Å². The summed E-state index contributed by atoms with van der Waals surface area (Å²) in [6.45, 7) is 3.59. The zero-order valence-corrected chi connectivity index (χ0v) is 6.76. The van der Waals surface area contributed by atoms with Crippen molar-refractivity contribution < 1.29 is 14.6 Å². The number of carboxylic acid groups (broad SMARTS) is 1. The van der Waals surface area contributed by atoms with Gasteiger partial charge in [0.25, 0.3) is 0 Å². The number of rotatable bonds is 4. The number of terminal acetylenes is 1. The minimum Gasteiger partial charge on any atom is -0.481 e. The van der Waals surface area contributed by atoms with Gasteiger partial charge in [0.2, 0.25) is 0 Å². The van der Waals surface area contributed by atoms with E-state index in [9.17, 15) is 4.79 Å². The summed E-state index contributed by atoms with van der Waals surface area (Å²) in [5.74, 6) is 1.52. The Bertz CT molecular complexity index is 176. The second-order valence-corrected chi connectivity index (χ2v) is 2.65. The molecule has 0 amide bonds. The van der Waals surface area contributed by atoms with Gasteiger partial charge >= 0.3 is 5.97 Å². The van der Waals surface area contributed by atoms with Crippen LogP contribution in [0.3, 0.4) is 0 Å². The smallest absolute Gasteiger partial charge is 0.305 e. The fourth-order valence-corrected chi connectivity index (χ4v) is 0.435. The quantitative estimate of drug-likeness (QED) is 0.615. The molecular formula is C8H12O3. The largest absolute Gasteiger partial charge is 0.481 e. The van der Waals surface area contributed by atoms with Gasteiger partial charge in [-0.15, -0.1) is 6.42 Å². The van der Waals surface area contributed by atoms with Gasteiger partial charge in [0.1, 0.15) is 5.60 Å². The van der Waals surface area contributed by atoms with Gasteiger partial charge in [0, 0.05) is 0 Å². The Morgan fingerprint density at radius 1 is 1.73 bits per heavy atom. The van der Waals surface area contributed by atoms with Gasteiger partial charge in [-0.25, -0.2) is 0 Å². The van der Waals surface area contributed by atoms with Crippen LogP contribution in [0.5, 0.6) is 0 Å². The van der Waals surface area contributed by atoms with Crippen LogP contribution >= 0.6 is 0 Å². The van der Waals surface area contributed by atoms with Crippen molar-refractivity contribution in [3.63, 3.8) is 0 Å². The van der Waals surface area contributed by atoms with Gasteiger partial charge < -0.3 is 9.84 Å². The van der Waals surface area contributed by atoms with Gasteiger partial charge in [0.05, 0.1) is 13.0 Å². The molecule has 1 N–H and O–H groups in total. The molecule has 0 heterocycles. The molecule has 0 unspecified atom stereocenters. The summed E-state index contributed by atoms with van der Waals surface area (Å²) in [7, 11) is 0. The Balaban J connectivity index is 3.56. The molecule has 0 aliphatic heterocycles. The second-order valence-electron chi connectivity index (χ2n) is 2.65. The van der Waals surface area contributed by atoms with E-state index in [1.54, 1.807) is 13.8 Å². The Morgan fingerprint density at radius 2 is 2.27 bits per heavy atom. The lowest BCUT2D eigenvalue weighted by atomic mass is 10.1. The van der Waals surface area contributed by atoms with Crippen molar-refractivity contribution in [2.75, 3.05) is 6.61 Å². The van der Waals surface area contributed by atoms with Crippen LogP contribution < -0.4 is 0 Å². The molecule has 0 aliphatic rings. The molecule has 0 saturated heterocycles. The predicted molar refractivity (Wildman–Crippen MR) is 41.1 cm³/mol. The average molecular weight is 156 g/mol. The topological polar surface area (TPSA) is 46.5 Å². The Labute approximate surface area is 66.4 Å². The zero-order chi connectivity index (χ0) is 8.91. The number of hydrogen-bond donors (Lipinski definition) is 1. The lowest BCUT2D eigenvalue weighted by Crippen LogP contribution is -2.23. The van der Waals surface area contributed by atoms with E-state index in [2.05, 4.69) is 5.92 Å². The summed E-state index contributed by atoms with van der Waals surface area (Å²) in [6, 6.07) is 0. The highest BCUT2D eigenvalue weighted by atomic mass is 16.5. The molecule has 0 rings (SSSR count). The molecule has 0 bridgehead atoms. The summed E-state index contributed by atoms with van der Waals surface area (Å²) in [5, 5.41) is 8.25. The Hall–Kier alpha value is -1.01. The maximum absolute atomic E-state index is 10.0. The molecule has 0 atom stereocenters.